The van der Waals surface area contributed by atoms with E-state index in [1.807, 2.05) is 49.4 Å². The van der Waals surface area contributed by atoms with Crippen molar-refractivity contribution in [1.82, 2.24) is 0 Å². The van der Waals surface area contributed by atoms with Crippen molar-refractivity contribution >= 4 is 23.2 Å². The molecule has 0 unspecified atom stereocenters. The molecule has 5 heteroatoms. The summed E-state index contributed by atoms with van der Waals surface area (Å²) in [5.41, 5.74) is 2.52. The molecule has 5 nitrogen and oxygen atoms in total. The Bertz CT molecular complexity index is 740. The maximum absolute atomic E-state index is 12.5. The van der Waals surface area contributed by atoms with Crippen LogP contribution in [0.25, 0.3) is 0 Å². The first-order valence-electron chi connectivity index (χ1n) is 7.46. The summed E-state index contributed by atoms with van der Waals surface area (Å²) in [6, 6.07) is 14.8. The minimum Gasteiger partial charge on any atom is -0.476 e. The average molecular weight is 310 g/mol. The molecule has 0 aliphatic carbocycles. The molecule has 118 valence electrons. The predicted molar refractivity (Wildman–Crippen MR) is 88.7 cm³/mol. The van der Waals surface area contributed by atoms with Gasteiger partial charge in [-0.3, -0.25) is 9.59 Å². The van der Waals surface area contributed by atoms with Crippen molar-refractivity contribution in [2.24, 2.45) is 0 Å². The van der Waals surface area contributed by atoms with Crippen LogP contribution in [0.1, 0.15) is 12.5 Å². The van der Waals surface area contributed by atoms with Crippen LogP contribution in [0, 0.1) is 6.92 Å². The van der Waals surface area contributed by atoms with Gasteiger partial charge in [0.1, 0.15) is 5.75 Å². The average Bonchev–Trinajstić information content (AvgIpc) is 2.55. The molecule has 0 radical (unpaired) electrons. The fraction of sp³-hybridized carbons (Fsp3) is 0.222. The Morgan fingerprint density at radius 1 is 1.13 bits per heavy atom. The number of ether oxygens (including phenoxy) is 1. The van der Waals surface area contributed by atoms with Crippen molar-refractivity contribution < 1.29 is 14.3 Å². The van der Waals surface area contributed by atoms with Gasteiger partial charge < -0.3 is 15.0 Å². The zero-order chi connectivity index (χ0) is 16.4. The molecule has 0 bridgehead atoms. The number of nitrogens with zero attached hydrogens (tertiary/aromatic N) is 1. The summed E-state index contributed by atoms with van der Waals surface area (Å²) in [6.07, 6.45) is -0.741. The number of hydrogen-bond donors (Lipinski definition) is 1. The van der Waals surface area contributed by atoms with Crippen molar-refractivity contribution in [1.29, 1.82) is 0 Å². The van der Waals surface area contributed by atoms with Crippen molar-refractivity contribution in [3.8, 4) is 5.75 Å². The minimum atomic E-state index is -0.741. The van der Waals surface area contributed by atoms with Crippen LogP contribution in [0.2, 0.25) is 0 Å². The van der Waals surface area contributed by atoms with Crippen LogP contribution in [-0.4, -0.2) is 24.5 Å². The van der Waals surface area contributed by atoms with E-state index in [0.717, 1.165) is 5.56 Å². The maximum atomic E-state index is 12.5. The van der Waals surface area contributed by atoms with Crippen LogP contribution in [0.3, 0.4) is 0 Å². The smallest absolute Gasteiger partial charge is 0.267 e. The number of anilines is 2. The number of carbonyl (C=O) groups is 2. The lowest BCUT2D eigenvalue weighted by atomic mass is 10.1. The quantitative estimate of drug-likeness (QED) is 0.928. The molecule has 0 saturated carbocycles. The van der Waals surface area contributed by atoms with E-state index >= 15 is 0 Å². The first-order valence-corrected chi connectivity index (χ1v) is 7.46. The summed E-state index contributed by atoms with van der Waals surface area (Å²) in [6.45, 7) is 3.67. The van der Waals surface area contributed by atoms with Crippen molar-refractivity contribution in [2.45, 2.75) is 20.0 Å². The highest BCUT2D eigenvalue weighted by atomic mass is 16.5. The molecule has 2 aromatic rings. The fourth-order valence-corrected chi connectivity index (χ4v) is 2.53. The van der Waals surface area contributed by atoms with Gasteiger partial charge in [0.25, 0.3) is 5.91 Å². The molecule has 1 aliphatic rings. The van der Waals surface area contributed by atoms with Gasteiger partial charge in [-0.1, -0.05) is 29.8 Å². The molecule has 1 aliphatic heterocycles. The van der Waals surface area contributed by atoms with Gasteiger partial charge in [0, 0.05) is 12.6 Å². The lowest BCUT2D eigenvalue weighted by Crippen LogP contribution is -2.48. The van der Waals surface area contributed by atoms with Gasteiger partial charge in [-0.15, -0.1) is 0 Å². The van der Waals surface area contributed by atoms with E-state index < -0.39 is 6.10 Å². The van der Waals surface area contributed by atoms with Crippen molar-refractivity contribution in [2.75, 3.05) is 16.8 Å². The Labute approximate surface area is 134 Å². The van der Waals surface area contributed by atoms with Gasteiger partial charge >= 0.3 is 0 Å². The Morgan fingerprint density at radius 3 is 2.52 bits per heavy atom. The van der Waals surface area contributed by atoms with Gasteiger partial charge in [0.15, 0.2) is 6.10 Å². The normalized spacial score (nSPS) is 16.3. The van der Waals surface area contributed by atoms with Crippen molar-refractivity contribution in [3.63, 3.8) is 0 Å². The molecule has 0 spiro atoms. The largest absolute Gasteiger partial charge is 0.476 e. The van der Waals surface area contributed by atoms with Gasteiger partial charge in [0.2, 0.25) is 5.91 Å². The highest BCUT2D eigenvalue weighted by molar-refractivity contribution is 5.99. The van der Waals surface area contributed by atoms with Gasteiger partial charge in [-0.05, 0) is 31.2 Å². The topological polar surface area (TPSA) is 58.6 Å². The standard InChI is InChI=1S/C18H18N2O3/c1-12-7-9-14(10-8-12)19-18(22)17-11-20(13(2)21)15-5-3-4-6-16(15)23-17/h3-10,17H,11H2,1-2H3,(H,19,22)/t17-/m0/s1. The molecule has 2 amide bonds. The molecule has 2 aromatic carbocycles. The van der Waals surface area contributed by atoms with Gasteiger partial charge in [-0.2, -0.15) is 0 Å². The molecule has 3 rings (SSSR count). The van der Waals surface area contributed by atoms with Crippen LogP contribution in [0.5, 0.6) is 5.75 Å². The van der Waals surface area contributed by atoms with E-state index in [1.165, 1.54) is 6.92 Å². The molecule has 1 heterocycles. The summed E-state index contributed by atoms with van der Waals surface area (Å²) in [5.74, 6) is 0.154. The zero-order valence-electron chi connectivity index (χ0n) is 13.1. The van der Waals surface area contributed by atoms with Crippen LogP contribution in [-0.2, 0) is 9.59 Å². The Kier molecular flexibility index (Phi) is 4.02. The molecule has 0 saturated heterocycles. The highest BCUT2D eigenvalue weighted by Crippen LogP contribution is 2.33. The predicted octanol–water partition coefficient (Wildman–Crippen LogP) is 2.75. The zero-order valence-corrected chi connectivity index (χ0v) is 13.1. The third-order valence-corrected chi connectivity index (χ3v) is 3.77. The second-order valence-corrected chi connectivity index (χ2v) is 5.56. The molecule has 0 fully saturated rings. The highest BCUT2D eigenvalue weighted by Gasteiger charge is 2.32. The van der Waals surface area contributed by atoms with Crippen LogP contribution < -0.4 is 15.0 Å². The Balaban J connectivity index is 1.79. The number of nitrogens with one attached hydrogen (secondary N) is 1. The fourth-order valence-electron chi connectivity index (χ4n) is 2.53. The van der Waals surface area contributed by atoms with E-state index in [2.05, 4.69) is 5.32 Å². The van der Waals surface area contributed by atoms with Gasteiger partial charge in [-0.25, -0.2) is 0 Å². The third-order valence-electron chi connectivity index (χ3n) is 3.77. The van der Waals surface area contributed by atoms with Gasteiger partial charge in [0.05, 0.1) is 12.2 Å². The maximum Gasteiger partial charge on any atom is 0.267 e. The minimum absolute atomic E-state index is 0.117. The summed E-state index contributed by atoms with van der Waals surface area (Å²) in [7, 11) is 0. The first-order chi connectivity index (χ1) is 11.0. The van der Waals surface area contributed by atoms with Crippen LogP contribution in [0.15, 0.2) is 48.5 Å². The molecular formula is C18H18N2O3. The van der Waals surface area contributed by atoms with E-state index in [-0.39, 0.29) is 18.4 Å². The van der Waals surface area contributed by atoms with E-state index in [9.17, 15) is 9.59 Å². The van der Waals surface area contributed by atoms with Crippen LogP contribution in [0.4, 0.5) is 11.4 Å². The number of para-hydroxylation sites is 2. The lowest BCUT2D eigenvalue weighted by molar-refractivity contribution is -0.123. The summed E-state index contributed by atoms with van der Waals surface area (Å²) in [5, 5.41) is 2.83. The third kappa shape index (κ3) is 3.18. The van der Waals surface area contributed by atoms with Crippen LogP contribution >= 0.6 is 0 Å². The molecule has 23 heavy (non-hydrogen) atoms. The second-order valence-electron chi connectivity index (χ2n) is 5.56. The Morgan fingerprint density at radius 2 is 1.83 bits per heavy atom. The second kappa shape index (κ2) is 6.12. The number of aryl methyl sites for hydroxylation is 1. The first kappa shape index (κ1) is 15.1. The molecular weight excluding hydrogens is 292 g/mol. The SMILES string of the molecule is CC(=O)N1C[C@@H](C(=O)Nc2ccc(C)cc2)Oc2ccccc21. The van der Waals surface area contributed by atoms with E-state index in [4.69, 9.17) is 4.74 Å². The van der Waals surface area contributed by atoms with Crippen molar-refractivity contribution in [3.05, 3.63) is 54.1 Å². The number of amides is 2. The lowest BCUT2D eigenvalue weighted by Gasteiger charge is -2.33. The van der Waals surface area contributed by atoms with E-state index in [0.29, 0.717) is 17.1 Å². The summed E-state index contributed by atoms with van der Waals surface area (Å²) >= 11 is 0. The monoisotopic (exact) mass is 310 g/mol. The number of fused-ring (bicyclic) bond motifs is 1. The van der Waals surface area contributed by atoms with E-state index in [1.54, 1.807) is 11.0 Å². The number of carbonyl (C=O) groups excluding carboxylic acids is 2. The molecule has 1 atom stereocenters. The summed E-state index contributed by atoms with van der Waals surface area (Å²) in [4.78, 5) is 25.9. The number of benzene rings is 2. The number of rotatable bonds is 2. The Hall–Kier alpha value is -2.82. The summed E-state index contributed by atoms with van der Waals surface area (Å²) < 4.78 is 5.76. The molecule has 1 N–H and O–H groups in total. The number of hydrogen-bond acceptors (Lipinski definition) is 3. The molecule has 0 aromatic heterocycles.